The lowest BCUT2D eigenvalue weighted by Gasteiger charge is -2.29. The van der Waals surface area contributed by atoms with Crippen molar-refractivity contribution >= 4 is 51.7 Å². The Hall–Kier alpha value is -3.58. The highest BCUT2D eigenvalue weighted by Gasteiger charge is 2.34. The van der Waals surface area contributed by atoms with E-state index in [1.54, 1.807) is 6.07 Å². The normalized spacial score (nSPS) is 15.6. The van der Waals surface area contributed by atoms with Crippen molar-refractivity contribution in [3.8, 4) is 5.75 Å². The van der Waals surface area contributed by atoms with Crippen LogP contribution in [0.4, 0.5) is 10.1 Å². The van der Waals surface area contributed by atoms with Gasteiger partial charge in [0.05, 0.1) is 12.3 Å². The topological polar surface area (TPSA) is 58.6 Å². The summed E-state index contributed by atoms with van der Waals surface area (Å²) in [5.74, 6) is -0.867. The van der Waals surface area contributed by atoms with Crippen molar-refractivity contribution in [2.24, 2.45) is 0 Å². The van der Waals surface area contributed by atoms with Gasteiger partial charge in [0.15, 0.2) is 5.11 Å². The summed E-state index contributed by atoms with van der Waals surface area (Å²) in [7, 11) is 0. The number of thiocarbonyl (C=S) groups is 1. The maximum absolute atomic E-state index is 13.3. The van der Waals surface area contributed by atoms with Gasteiger partial charge in [0, 0.05) is 5.39 Å². The lowest BCUT2D eigenvalue weighted by atomic mass is 10.00. The summed E-state index contributed by atoms with van der Waals surface area (Å²) in [4.78, 5) is 26.9. The number of nitrogens with zero attached hydrogens (tertiary/aromatic N) is 1. The van der Waals surface area contributed by atoms with Gasteiger partial charge in [-0.3, -0.25) is 19.8 Å². The van der Waals surface area contributed by atoms with E-state index < -0.39 is 17.6 Å². The van der Waals surface area contributed by atoms with Gasteiger partial charge in [0.1, 0.15) is 17.1 Å². The Morgan fingerprint density at radius 1 is 1.03 bits per heavy atom. The standard InChI is InChI=1S/C23H17FN2O3S/c1-2-29-20-12-7-14(17-5-3-4-6-18(17)20)13-19-21(27)25-23(30)26(22(19)28)16-10-8-15(24)9-11-16/h3-13H,2H2,1H3,(H,25,27,30)/b19-13-. The Balaban J connectivity index is 1.80. The van der Waals surface area contributed by atoms with Gasteiger partial charge in [-0.1, -0.05) is 30.3 Å². The molecule has 3 aromatic rings. The number of carbonyl (C=O) groups excluding carboxylic acids is 2. The lowest BCUT2D eigenvalue weighted by Crippen LogP contribution is -2.54. The molecular formula is C23H17FN2O3S. The lowest BCUT2D eigenvalue weighted by molar-refractivity contribution is -0.122. The van der Waals surface area contributed by atoms with E-state index in [4.69, 9.17) is 17.0 Å². The van der Waals surface area contributed by atoms with Crippen molar-refractivity contribution in [3.05, 3.63) is 77.6 Å². The molecule has 2 amide bonds. The number of anilines is 1. The predicted octanol–water partition coefficient (Wildman–Crippen LogP) is 4.21. The number of halogens is 1. The number of fused-ring (bicyclic) bond motifs is 1. The maximum atomic E-state index is 13.3. The molecule has 1 heterocycles. The minimum Gasteiger partial charge on any atom is -0.493 e. The van der Waals surface area contributed by atoms with Gasteiger partial charge in [-0.2, -0.15) is 0 Å². The third-order valence-electron chi connectivity index (χ3n) is 4.70. The van der Waals surface area contributed by atoms with E-state index in [0.717, 1.165) is 16.5 Å². The molecular weight excluding hydrogens is 403 g/mol. The molecule has 7 heteroatoms. The molecule has 3 aromatic carbocycles. The zero-order valence-corrected chi connectivity index (χ0v) is 16.8. The van der Waals surface area contributed by atoms with Gasteiger partial charge in [-0.05, 0) is 66.5 Å². The predicted molar refractivity (Wildman–Crippen MR) is 118 cm³/mol. The number of carbonyl (C=O) groups is 2. The molecule has 5 nitrogen and oxygen atoms in total. The Morgan fingerprint density at radius 3 is 2.43 bits per heavy atom. The molecule has 30 heavy (non-hydrogen) atoms. The summed E-state index contributed by atoms with van der Waals surface area (Å²) in [5, 5.41) is 4.21. The number of hydrogen-bond donors (Lipinski definition) is 1. The number of nitrogens with one attached hydrogen (secondary N) is 1. The van der Waals surface area contributed by atoms with Crippen LogP contribution >= 0.6 is 12.2 Å². The third-order valence-corrected chi connectivity index (χ3v) is 4.99. The quantitative estimate of drug-likeness (QED) is 0.390. The number of ether oxygens (including phenoxy) is 1. The number of amides is 2. The van der Waals surface area contributed by atoms with Crippen molar-refractivity contribution in [2.75, 3.05) is 11.5 Å². The van der Waals surface area contributed by atoms with Gasteiger partial charge in [0.25, 0.3) is 11.8 Å². The molecule has 0 atom stereocenters. The van der Waals surface area contributed by atoms with E-state index >= 15 is 0 Å². The highest BCUT2D eigenvalue weighted by Crippen LogP contribution is 2.31. The van der Waals surface area contributed by atoms with Gasteiger partial charge >= 0.3 is 0 Å². The first kappa shape index (κ1) is 19.7. The van der Waals surface area contributed by atoms with Crippen LogP contribution in [0.2, 0.25) is 0 Å². The molecule has 1 N–H and O–H groups in total. The van der Waals surface area contributed by atoms with Gasteiger partial charge in [-0.25, -0.2) is 4.39 Å². The van der Waals surface area contributed by atoms with Gasteiger partial charge in [-0.15, -0.1) is 0 Å². The zero-order valence-electron chi connectivity index (χ0n) is 16.0. The fraction of sp³-hybridized carbons (Fsp3) is 0.0870. The number of rotatable bonds is 4. The fourth-order valence-corrected chi connectivity index (χ4v) is 3.62. The first-order valence-electron chi connectivity index (χ1n) is 9.31. The van der Waals surface area contributed by atoms with E-state index in [1.807, 2.05) is 37.3 Å². The average molecular weight is 420 g/mol. The van der Waals surface area contributed by atoms with Crippen LogP contribution in [0.1, 0.15) is 12.5 Å². The van der Waals surface area contributed by atoms with E-state index in [9.17, 15) is 14.0 Å². The van der Waals surface area contributed by atoms with Crippen LogP contribution in [0.5, 0.6) is 5.75 Å². The molecule has 4 rings (SSSR count). The Morgan fingerprint density at radius 2 is 1.73 bits per heavy atom. The van der Waals surface area contributed by atoms with Crippen LogP contribution < -0.4 is 15.0 Å². The third kappa shape index (κ3) is 3.55. The van der Waals surface area contributed by atoms with E-state index in [2.05, 4.69) is 5.32 Å². The maximum Gasteiger partial charge on any atom is 0.270 e. The van der Waals surface area contributed by atoms with Crippen molar-refractivity contribution in [3.63, 3.8) is 0 Å². The molecule has 1 aliphatic heterocycles. The van der Waals surface area contributed by atoms with Crippen LogP contribution in [-0.2, 0) is 9.59 Å². The van der Waals surface area contributed by atoms with Crippen LogP contribution in [0.25, 0.3) is 16.8 Å². The first-order valence-corrected chi connectivity index (χ1v) is 9.72. The Bertz CT molecular complexity index is 1200. The Labute approximate surface area is 177 Å². The average Bonchev–Trinajstić information content (AvgIpc) is 2.74. The molecule has 0 saturated carbocycles. The molecule has 0 unspecified atom stereocenters. The van der Waals surface area contributed by atoms with Crippen molar-refractivity contribution < 1.29 is 18.7 Å². The molecule has 0 radical (unpaired) electrons. The van der Waals surface area contributed by atoms with Crippen LogP contribution in [0.3, 0.4) is 0 Å². The summed E-state index contributed by atoms with van der Waals surface area (Å²) in [6.07, 6.45) is 1.54. The smallest absolute Gasteiger partial charge is 0.270 e. The summed E-state index contributed by atoms with van der Waals surface area (Å²) >= 11 is 5.17. The SMILES string of the molecule is CCOc1ccc(/C=C2/C(=O)NC(=S)N(c3ccc(F)cc3)C2=O)c2ccccc12. The van der Waals surface area contributed by atoms with Crippen LogP contribution in [0, 0.1) is 5.82 Å². The van der Waals surface area contributed by atoms with Crippen LogP contribution in [-0.4, -0.2) is 23.5 Å². The summed E-state index contributed by atoms with van der Waals surface area (Å²) < 4.78 is 19.0. The van der Waals surface area contributed by atoms with Crippen molar-refractivity contribution in [1.82, 2.24) is 5.32 Å². The second kappa shape index (κ2) is 8.04. The summed E-state index contributed by atoms with van der Waals surface area (Å²) in [6.45, 7) is 2.43. The van der Waals surface area contributed by atoms with Crippen molar-refractivity contribution in [2.45, 2.75) is 6.92 Å². The molecule has 0 aliphatic carbocycles. The first-order chi connectivity index (χ1) is 14.5. The highest BCUT2D eigenvalue weighted by molar-refractivity contribution is 7.80. The van der Waals surface area contributed by atoms with E-state index in [-0.39, 0.29) is 10.7 Å². The monoisotopic (exact) mass is 420 g/mol. The summed E-state index contributed by atoms with van der Waals surface area (Å²) in [5.41, 5.74) is 0.996. The highest BCUT2D eigenvalue weighted by atomic mass is 32.1. The second-order valence-corrected chi connectivity index (χ2v) is 6.95. The number of hydrogen-bond acceptors (Lipinski definition) is 4. The molecule has 0 aromatic heterocycles. The molecule has 1 aliphatic rings. The second-order valence-electron chi connectivity index (χ2n) is 6.57. The molecule has 150 valence electrons. The van der Waals surface area contributed by atoms with E-state index in [0.29, 0.717) is 17.9 Å². The summed E-state index contributed by atoms with van der Waals surface area (Å²) in [6, 6.07) is 16.5. The molecule has 0 bridgehead atoms. The molecule has 1 saturated heterocycles. The molecule has 0 spiro atoms. The van der Waals surface area contributed by atoms with Crippen LogP contribution in [0.15, 0.2) is 66.2 Å². The number of benzene rings is 3. The minimum absolute atomic E-state index is 0.0506. The largest absolute Gasteiger partial charge is 0.493 e. The Kier molecular flexibility index (Phi) is 5.29. The minimum atomic E-state index is -0.582. The van der Waals surface area contributed by atoms with Gasteiger partial charge < -0.3 is 4.74 Å². The molecule has 1 fully saturated rings. The van der Waals surface area contributed by atoms with Crippen molar-refractivity contribution in [1.29, 1.82) is 0 Å². The fourth-order valence-electron chi connectivity index (χ4n) is 3.34. The van der Waals surface area contributed by atoms with Gasteiger partial charge in [0.2, 0.25) is 0 Å². The van der Waals surface area contributed by atoms with E-state index in [1.165, 1.54) is 35.2 Å². The zero-order chi connectivity index (χ0) is 21.3.